The monoisotopic (exact) mass is 283 g/mol. The van der Waals surface area contributed by atoms with Crippen LogP contribution in [0, 0.1) is 0 Å². The highest BCUT2D eigenvalue weighted by molar-refractivity contribution is 5.82. The molecule has 20 heavy (non-hydrogen) atoms. The average molecular weight is 283 g/mol. The van der Waals surface area contributed by atoms with E-state index in [4.69, 9.17) is 0 Å². The predicted octanol–water partition coefficient (Wildman–Crippen LogP) is 2.14. The molecule has 118 valence electrons. The zero-order valence-corrected chi connectivity index (χ0v) is 14.0. The summed E-state index contributed by atoms with van der Waals surface area (Å²) in [5.74, 6) is 0.160. The summed E-state index contributed by atoms with van der Waals surface area (Å²) in [5, 5.41) is 6.74. The van der Waals surface area contributed by atoms with Crippen LogP contribution in [0.4, 0.5) is 0 Å². The van der Waals surface area contributed by atoms with Crippen LogP contribution in [0.25, 0.3) is 0 Å². The second kappa shape index (κ2) is 7.99. The van der Waals surface area contributed by atoms with E-state index in [2.05, 4.69) is 43.2 Å². The van der Waals surface area contributed by atoms with E-state index < -0.39 is 0 Å². The number of likely N-dealkylation sites (tertiary alicyclic amines) is 1. The smallest absolute Gasteiger partial charge is 0.237 e. The lowest BCUT2D eigenvalue weighted by Gasteiger charge is -2.37. The topological polar surface area (TPSA) is 44.4 Å². The number of hydrogen-bond acceptors (Lipinski definition) is 3. The minimum atomic E-state index is -0.110. The number of piperidine rings is 1. The van der Waals surface area contributed by atoms with E-state index in [1.54, 1.807) is 0 Å². The molecular formula is C16H33N3O. The van der Waals surface area contributed by atoms with Crippen LogP contribution >= 0.6 is 0 Å². The van der Waals surface area contributed by atoms with E-state index in [1.807, 2.05) is 6.92 Å². The van der Waals surface area contributed by atoms with Gasteiger partial charge in [-0.05, 0) is 59.5 Å². The van der Waals surface area contributed by atoms with Crippen molar-refractivity contribution in [3.05, 3.63) is 0 Å². The van der Waals surface area contributed by atoms with Gasteiger partial charge in [-0.15, -0.1) is 0 Å². The molecule has 2 atom stereocenters. The number of nitrogens with zero attached hydrogens (tertiary/aromatic N) is 1. The minimum Gasteiger partial charge on any atom is -0.350 e. The second-order valence-electron chi connectivity index (χ2n) is 6.69. The minimum absolute atomic E-state index is 0.0351. The van der Waals surface area contributed by atoms with Crippen LogP contribution in [0.1, 0.15) is 60.3 Å². The number of nitrogens with one attached hydrogen (secondary N) is 2. The maximum Gasteiger partial charge on any atom is 0.237 e. The first-order chi connectivity index (χ1) is 9.39. The van der Waals surface area contributed by atoms with E-state index in [1.165, 1.54) is 12.8 Å². The maximum atomic E-state index is 12.4. The largest absolute Gasteiger partial charge is 0.350 e. The fourth-order valence-electron chi connectivity index (χ4n) is 2.57. The van der Waals surface area contributed by atoms with Gasteiger partial charge in [0.2, 0.25) is 5.91 Å². The Morgan fingerprint density at radius 3 is 2.70 bits per heavy atom. The molecule has 0 aromatic rings. The zero-order chi connectivity index (χ0) is 15.2. The van der Waals surface area contributed by atoms with Crippen LogP contribution in [-0.2, 0) is 4.79 Å². The van der Waals surface area contributed by atoms with Gasteiger partial charge in [0.05, 0.1) is 6.04 Å². The van der Waals surface area contributed by atoms with E-state index in [0.29, 0.717) is 6.04 Å². The van der Waals surface area contributed by atoms with Gasteiger partial charge in [-0.25, -0.2) is 0 Å². The molecule has 2 N–H and O–H groups in total. The molecule has 1 fully saturated rings. The second-order valence-corrected chi connectivity index (χ2v) is 6.69. The van der Waals surface area contributed by atoms with Crippen LogP contribution in [0.15, 0.2) is 0 Å². The fourth-order valence-corrected chi connectivity index (χ4v) is 2.57. The summed E-state index contributed by atoms with van der Waals surface area (Å²) in [6, 6.07) is 0.505. The van der Waals surface area contributed by atoms with Gasteiger partial charge < -0.3 is 10.6 Å². The van der Waals surface area contributed by atoms with E-state index in [-0.39, 0.29) is 17.5 Å². The van der Waals surface area contributed by atoms with Gasteiger partial charge in [-0.2, -0.15) is 0 Å². The summed E-state index contributed by atoms with van der Waals surface area (Å²) >= 11 is 0. The van der Waals surface area contributed by atoms with Crippen molar-refractivity contribution in [1.29, 1.82) is 0 Å². The van der Waals surface area contributed by atoms with Crippen molar-refractivity contribution in [2.45, 2.75) is 77.9 Å². The summed E-state index contributed by atoms with van der Waals surface area (Å²) in [4.78, 5) is 14.7. The Morgan fingerprint density at radius 2 is 2.10 bits per heavy atom. The van der Waals surface area contributed by atoms with Gasteiger partial charge in [0.1, 0.15) is 0 Å². The Bertz CT molecular complexity index is 304. The Hall–Kier alpha value is -0.610. The van der Waals surface area contributed by atoms with Gasteiger partial charge in [0.25, 0.3) is 0 Å². The van der Waals surface area contributed by atoms with E-state index in [0.717, 1.165) is 32.5 Å². The molecule has 4 heteroatoms. The first kappa shape index (κ1) is 17.4. The molecule has 1 heterocycles. The molecule has 0 saturated carbocycles. The predicted molar refractivity (Wildman–Crippen MR) is 84.9 cm³/mol. The van der Waals surface area contributed by atoms with Crippen LogP contribution in [0.3, 0.4) is 0 Å². The van der Waals surface area contributed by atoms with Crippen molar-refractivity contribution >= 4 is 5.91 Å². The molecule has 1 rings (SSSR count). The van der Waals surface area contributed by atoms with Crippen molar-refractivity contribution in [1.82, 2.24) is 15.5 Å². The molecular weight excluding hydrogens is 250 g/mol. The zero-order valence-electron chi connectivity index (χ0n) is 14.0. The van der Waals surface area contributed by atoms with Crippen molar-refractivity contribution in [3.8, 4) is 0 Å². The summed E-state index contributed by atoms with van der Waals surface area (Å²) < 4.78 is 0. The first-order valence-corrected chi connectivity index (χ1v) is 8.19. The molecule has 1 aliphatic rings. The van der Waals surface area contributed by atoms with Gasteiger partial charge >= 0.3 is 0 Å². The SMILES string of the molecule is CCCNC1CCCN(C(C)C(=O)NC(C)(C)CC)C1. The third-order valence-corrected chi connectivity index (χ3v) is 4.41. The highest BCUT2D eigenvalue weighted by atomic mass is 16.2. The Kier molecular flexibility index (Phi) is 6.96. The Labute approximate surface area is 124 Å². The molecule has 4 nitrogen and oxygen atoms in total. The molecule has 1 saturated heterocycles. The highest BCUT2D eigenvalue weighted by Gasteiger charge is 2.29. The first-order valence-electron chi connectivity index (χ1n) is 8.19. The van der Waals surface area contributed by atoms with Crippen molar-refractivity contribution < 1.29 is 4.79 Å². The molecule has 0 bridgehead atoms. The Morgan fingerprint density at radius 1 is 1.40 bits per heavy atom. The number of carbonyl (C=O) groups is 1. The van der Waals surface area contributed by atoms with Crippen LogP contribution in [-0.4, -0.2) is 48.1 Å². The summed E-state index contributed by atoms with van der Waals surface area (Å²) in [7, 11) is 0. The van der Waals surface area contributed by atoms with Gasteiger partial charge in [0.15, 0.2) is 0 Å². The van der Waals surface area contributed by atoms with Gasteiger partial charge in [0, 0.05) is 18.1 Å². The molecule has 0 aromatic heterocycles. The van der Waals surface area contributed by atoms with Crippen LogP contribution in [0.2, 0.25) is 0 Å². The van der Waals surface area contributed by atoms with Crippen molar-refractivity contribution in [2.75, 3.05) is 19.6 Å². The number of rotatable bonds is 7. The average Bonchev–Trinajstić information content (AvgIpc) is 2.44. The third-order valence-electron chi connectivity index (χ3n) is 4.41. The molecule has 1 amide bonds. The fraction of sp³-hybridized carbons (Fsp3) is 0.938. The van der Waals surface area contributed by atoms with Crippen molar-refractivity contribution in [3.63, 3.8) is 0 Å². The standard InChI is InChI=1S/C16H33N3O/c1-6-10-17-14-9-8-11-19(12-14)13(3)15(20)18-16(4,5)7-2/h13-14,17H,6-12H2,1-5H3,(H,18,20). The molecule has 0 aromatic carbocycles. The van der Waals surface area contributed by atoms with Gasteiger partial charge in [-0.3, -0.25) is 9.69 Å². The quantitative estimate of drug-likeness (QED) is 0.752. The number of carbonyl (C=O) groups excluding carboxylic acids is 1. The molecule has 0 aliphatic carbocycles. The van der Waals surface area contributed by atoms with Crippen LogP contribution < -0.4 is 10.6 Å². The number of amides is 1. The molecule has 1 aliphatic heterocycles. The summed E-state index contributed by atoms with van der Waals surface area (Å²) in [5.41, 5.74) is -0.110. The van der Waals surface area contributed by atoms with E-state index >= 15 is 0 Å². The summed E-state index contributed by atoms with van der Waals surface area (Å²) in [6.45, 7) is 13.6. The summed E-state index contributed by atoms with van der Waals surface area (Å²) in [6.07, 6.45) is 4.52. The third kappa shape index (κ3) is 5.41. The lowest BCUT2D eigenvalue weighted by Crippen LogP contribution is -2.56. The molecule has 2 unspecified atom stereocenters. The highest BCUT2D eigenvalue weighted by Crippen LogP contribution is 2.15. The van der Waals surface area contributed by atoms with E-state index in [9.17, 15) is 4.79 Å². The molecule has 0 spiro atoms. The van der Waals surface area contributed by atoms with Crippen molar-refractivity contribution in [2.24, 2.45) is 0 Å². The van der Waals surface area contributed by atoms with Crippen LogP contribution in [0.5, 0.6) is 0 Å². The normalized spacial score (nSPS) is 22.6. The lowest BCUT2D eigenvalue weighted by atomic mass is 10.00. The van der Waals surface area contributed by atoms with Gasteiger partial charge in [-0.1, -0.05) is 13.8 Å². The molecule has 0 radical (unpaired) electrons. The maximum absolute atomic E-state index is 12.4. The lowest BCUT2D eigenvalue weighted by molar-refractivity contribution is -0.128. The Balaban J connectivity index is 2.49. The number of hydrogen-bond donors (Lipinski definition) is 2.